The summed E-state index contributed by atoms with van der Waals surface area (Å²) in [7, 11) is 0. The van der Waals surface area contributed by atoms with E-state index in [-0.39, 0.29) is 11.8 Å². The molecule has 1 aliphatic heterocycles. The van der Waals surface area contributed by atoms with E-state index in [0.717, 1.165) is 30.9 Å². The second kappa shape index (κ2) is 6.17. The van der Waals surface area contributed by atoms with E-state index in [1.165, 1.54) is 11.3 Å². The number of aromatic nitrogens is 3. The quantitative estimate of drug-likeness (QED) is 0.940. The smallest absolute Gasteiger partial charge is 0.231 e. The van der Waals surface area contributed by atoms with Crippen molar-refractivity contribution in [3.8, 4) is 0 Å². The van der Waals surface area contributed by atoms with Gasteiger partial charge in [0.1, 0.15) is 5.82 Å². The molecular weight excluding hydrogens is 286 g/mol. The standard InChI is InChI=1S/C14H17N5OS/c1-10-9-21-14(17-10)18-13(20)11-3-2-6-19(8-11)12-7-15-4-5-16-12/h4-5,7,9,11H,2-3,6,8H2,1H3,(H,17,18,20)/t11-/m1/s1. The van der Waals surface area contributed by atoms with Crippen molar-refractivity contribution in [1.82, 2.24) is 15.0 Å². The van der Waals surface area contributed by atoms with Crippen molar-refractivity contribution in [3.63, 3.8) is 0 Å². The van der Waals surface area contributed by atoms with Crippen LogP contribution in [0.2, 0.25) is 0 Å². The molecule has 3 heterocycles. The molecule has 1 saturated heterocycles. The highest BCUT2D eigenvalue weighted by Gasteiger charge is 2.27. The van der Waals surface area contributed by atoms with Gasteiger partial charge >= 0.3 is 0 Å². The van der Waals surface area contributed by atoms with E-state index in [1.54, 1.807) is 18.6 Å². The van der Waals surface area contributed by atoms with Crippen molar-refractivity contribution < 1.29 is 4.79 Å². The molecule has 21 heavy (non-hydrogen) atoms. The molecule has 3 rings (SSSR count). The first-order valence-electron chi connectivity index (χ1n) is 6.96. The van der Waals surface area contributed by atoms with Crippen molar-refractivity contribution in [2.45, 2.75) is 19.8 Å². The summed E-state index contributed by atoms with van der Waals surface area (Å²) < 4.78 is 0. The molecular formula is C14H17N5OS. The first-order chi connectivity index (χ1) is 10.2. The fourth-order valence-electron chi connectivity index (χ4n) is 2.47. The van der Waals surface area contributed by atoms with Crippen LogP contribution in [0, 0.1) is 12.8 Å². The zero-order valence-corrected chi connectivity index (χ0v) is 12.6. The molecule has 7 heteroatoms. The lowest BCUT2D eigenvalue weighted by Crippen LogP contribution is -2.41. The first kappa shape index (κ1) is 13.9. The van der Waals surface area contributed by atoms with E-state index in [4.69, 9.17) is 0 Å². The van der Waals surface area contributed by atoms with E-state index >= 15 is 0 Å². The minimum atomic E-state index is -0.0371. The van der Waals surface area contributed by atoms with Crippen LogP contribution in [-0.4, -0.2) is 33.9 Å². The van der Waals surface area contributed by atoms with Crippen molar-refractivity contribution >= 4 is 28.2 Å². The highest BCUT2D eigenvalue weighted by molar-refractivity contribution is 7.13. The molecule has 0 aromatic carbocycles. The molecule has 0 bridgehead atoms. The normalized spacial score (nSPS) is 18.5. The lowest BCUT2D eigenvalue weighted by Gasteiger charge is -2.32. The van der Waals surface area contributed by atoms with Gasteiger partial charge in [0.15, 0.2) is 5.13 Å². The van der Waals surface area contributed by atoms with Gasteiger partial charge < -0.3 is 10.2 Å². The third kappa shape index (κ3) is 3.36. The molecule has 110 valence electrons. The second-order valence-corrected chi connectivity index (χ2v) is 5.99. The highest BCUT2D eigenvalue weighted by atomic mass is 32.1. The van der Waals surface area contributed by atoms with Crippen molar-refractivity contribution in [2.75, 3.05) is 23.3 Å². The molecule has 6 nitrogen and oxygen atoms in total. The third-order valence-corrected chi connectivity index (χ3v) is 4.39. The summed E-state index contributed by atoms with van der Waals surface area (Å²) in [5, 5.41) is 5.52. The number of carbonyl (C=O) groups is 1. The number of piperidine rings is 1. The number of aryl methyl sites for hydroxylation is 1. The Labute approximate surface area is 127 Å². The fourth-order valence-corrected chi connectivity index (χ4v) is 3.16. The average Bonchev–Trinajstić information content (AvgIpc) is 2.93. The highest BCUT2D eigenvalue weighted by Crippen LogP contribution is 2.23. The van der Waals surface area contributed by atoms with Crippen LogP contribution in [0.4, 0.5) is 10.9 Å². The summed E-state index contributed by atoms with van der Waals surface area (Å²) >= 11 is 1.46. The Morgan fingerprint density at radius 1 is 1.48 bits per heavy atom. The van der Waals surface area contributed by atoms with Gasteiger partial charge in [0, 0.05) is 30.9 Å². The van der Waals surface area contributed by atoms with Crippen molar-refractivity contribution in [3.05, 3.63) is 29.7 Å². The van der Waals surface area contributed by atoms with E-state index < -0.39 is 0 Å². The molecule has 0 unspecified atom stereocenters. The Hall–Kier alpha value is -2.02. The molecule has 2 aromatic rings. The van der Waals surface area contributed by atoms with Crippen LogP contribution < -0.4 is 10.2 Å². The number of anilines is 2. The van der Waals surface area contributed by atoms with Gasteiger partial charge in [0.2, 0.25) is 5.91 Å². The van der Waals surface area contributed by atoms with Gasteiger partial charge in [-0.1, -0.05) is 0 Å². The lowest BCUT2D eigenvalue weighted by molar-refractivity contribution is -0.120. The minimum absolute atomic E-state index is 0.0371. The second-order valence-electron chi connectivity index (χ2n) is 5.13. The number of thiazole rings is 1. The Morgan fingerprint density at radius 3 is 3.10 bits per heavy atom. The molecule has 2 aromatic heterocycles. The Morgan fingerprint density at radius 2 is 2.38 bits per heavy atom. The fraction of sp³-hybridized carbons (Fsp3) is 0.429. The summed E-state index contributed by atoms with van der Waals surface area (Å²) in [5.74, 6) is 0.836. The maximum absolute atomic E-state index is 12.3. The molecule has 1 fully saturated rings. The van der Waals surface area contributed by atoms with E-state index in [2.05, 4.69) is 25.2 Å². The zero-order valence-electron chi connectivity index (χ0n) is 11.8. The largest absolute Gasteiger partial charge is 0.355 e. The Balaban J connectivity index is 1.64. The Bertz CT molecular complexity index is 615. The third-order valence-electron chi connectivity index (χ3n) is 3.51. The van der Waals surface area contributed by atoms with Crippen LogP contribution >= 0.6 is 11.3 Å². The maximum Gasteiger partial charge on any atom is 0.231 e. The molecule has 1 N–H and O–H groups in total. The van der Waals surface area contributed by atoms with Crippen molar-refractivity contribution in [1.29, 1.82) is 0 Å². The Kier molecular flexibility index (Phi) is 4.10. The van der Waals surface area contributed by atoms with Gasteiger partial charge in [0.25, 0.3) is 0 Å². The number of nitrogens with one attached hydrogen (secondary N) is 1. The van der Waals surface area contributed by atoms with Gasteiger partial charge in [-0.25, -0.2) is 9.97 Å². The molecule has 0 spiro atoms. The number of nitrogens with zero attached hydrogens (tertiary/aromatic N) is 4. The summed E-state index contributed by atoms with van der Waals surface area (Å²) in [6.45, 7) is 3.51. The SMILES string of the molecule is Cc1csc(NC(=O)[C@@H]2CCCN(c3cnccn3)C2)n1. The number of hydrogen-bond donors (Lipinski definition) is 1. The number of carbonyl (C=O) groups excluding carboxylic acids is 1. The van der Waals surface area contributed by atoms with Crippen LogP contribution in [0.5, 0.6) is 0 Å². The molecule has 0 radical (unpaired) electrons. The van der Waals surface area contributed by atoms with E-state index in [1.807, 2.05) is 12.3 Å². The molecule has 0 saturated carbocycles. The van der Waals surface area contributed by atoms with Gasteiger partial charge in [-0.05, 0) is 19.8 Å². The minimum Gasteiger partial charge on any atom is -0.355 e. The summed E-state index contributed by atoms with van der Waals surface area (Å²) in [5.41, 5.74) is 0.931. The molecule has 1 amide bonds. The first-order valence-corrected chi connectivity index (χ1v) is 7.84. The summed E-state index contributed by atoms with van der Waals surface area (Å²) in [4.78, 5) is 27.1. The van der Waals surface area contributed by atoms with E-state index in [9.17, 15) is 4.79 Å². The number of hydrogen-bond acceptors (Lipinski definition) is 6. The van der Waals surface area contributed by atoms with Crippen LogP contribution in [-0.2, 0) is 4.79 Å². The van der Waals surface area contributed by atoms with Gasteiger partial charge in [-0.3, -0.25) is 9.78 Å². The summed E-state index contributed by atoms with van der Waals surface area (Å²) in [6, 6.07) is 0. The van der Waals surface area contributed by atoms with Crippen molar-refractivity contribution in [2.24, 2.45) is 5.92 Å². The van der Waals surface area contributed by atoms with Gasteiger partial charge in [-0.2, -0.15) is 0 Å². The van der Waals surface area contributed by atoms with Crippen LogP contribution in [0.1, 0.15) is 18.5 Å². The summed E-state index contributed by atoms with van der Waals surface area (Å²) in [6.07, 6.45) is 6.95. The van der Waals surface area contributed by atoms with Crippen LogP contribution in [0.15, 0.2) is 24.0 Å². The predicted molar refractivity (Wildman–Crippen MR) is 82.4 cm³/mol. The number of amides is 1. The van der Waals surface area contributed by atoms with Crippen LogP contribution in [0.25, 0.3) is 0 Å². The van der Waals surface area contributed by atoms with Gasteiger partial charge in [-0.15, -0.1) is 11.3 Å². The lowest BCUT2D eigenvalue weighted by atomic mass is 9.97. The molecule has 1 atom stereocenters. The maximum atomic E-state index is 12.3. The van der Waals surface area contributed by atoms with Gasteiger partial charge in [0.05, 0.1) is 17.8 Å². The predicted octanol–water partition coefficient (Wildman–Crippen LogP) is 2.10. The monoisotopic (exact) mass is 303 g/mol. The zero-order chi connectivity index (χ0) is 14.7. The number of rotatable bonds is 3. The topological polar surface area (TPSA) is 71.0 Å². The molecule has 0 aliphatic carbocycles. The average molecular weight is 303 g/mol. The molecule has 1 aliphatic rings. The van der Waals surface area contributed by atoms with E-state index in [0.29, 0.717) is 11.7 Å². The van der Waals surface area contributed by atoms with Crippen LogP contribution in [0.3, 0.4) is 0 Å².